The van der Waals surface area contributed by atoms with Crippen molar-refractivity contribution in [1.82, 2.24) is 5.32 Å². The van der Waals surface area contributed by atoms with Crippen molar-refractivity contribution >= 4 is 0 Å². The molecule has 84 valence electrons. The molecule has 0 bridgehead atoms. The average Bonchev–Trinajstić information content (AvgIpc) is 2.19. The van der Waals surface area contributed by atoms with Crippen molar-refractivity contribution in [2.24, 2.45) is 11.8 Å². The lowest BCUT2D eigenvalue weighted by Crippen LogP contribution is -2.43. The summed E-state index contributed by atoms with van der Waals surface area (Å²) in [7, 11) is 0. The molecule has 0 heterocycles. The van der Waals surface area contributed by atoms with E-state index < -0.39 is 0 Å². The molecule has 0 aliphatic heterocycles. The Morgan fingerprint density at radius 1 is 1.29 bits per heavy atom. The summed E-state index contributed by atoms with van der Waals surface area (Å²) in [5.41, 5.74) is 0. The second kappa shape index (κ2) is 5.72. The van der Waals surface area contributed by atoms with Crippen molar-refractivity contribution in [1.29, 1.82) is 0 Å². The van der Waals surface area contributed by atoms with E-state index in [9.17, 15) is 0 Å². The summed E-state index contributed by atoms with van der Waals surface area (Å²) in [6.45, 7) is 7.10. The molecular formula is C12H25NO. The van der Waals surface area contributed by atoms with E-state index in [0.29, 0.717) is 12.1 Å². The number of hydrogen-bond donors (Lipinski definition) is 2. The fourth-order valence-electron chi connectivity index (χ4n) is 2.33. The van der Waals surface area contributed by atoms with Crippen LogP contribution in [0.2, 0.25) is 0 Å². The van der Waals surface area contributed by atoms with Crippen molar-refractivity contribution in [3.63, 3.8) is 0 Å². The van der Waals surface area contributed by atoms with Crippen LogP contribution in [0.4, 0.5) is 0 Å². The van der Waals surface area contributed by atoms with Crippen LogP contribution in [0.5, 0.6) is 0 Å². The molecule has 2 heteroatoms. The van der Waals surface area contributed by atoms with Crippen LogP contribution in [0.25, 0.3) is 0 Å². The smallest absolute Gasteiger partial charge is 0.0584 e. The van der Waals surface area contributed by atoms with Gasteiger partial charge in [0.05, 0.1) is 6.61 Å². The minimum Gasteiger partial charge on any atom is -0.395 e. The maximum absolute atomic E-state index is 9.11. The first kappa shape index (κ1) is 12.0. The number of nitrogens with one attached hydrogen (secondary N) is 1. The lowest BCUT2D eigenvalue weighted by Gasteiger charge is -2.34. The fraction of sp³-hybridized carbons (Fsp3) is 1.00. The van der Waals surface area contributed by atoms with Gasteiger partial charge in [-0.05, 0) is 37.5 Å². The molecule has 0 saturated heterocycles. The minimum absolute atomic E-state index is 0.275. The molecular weight excluding hydrogens is 174 g/mol. The van der Waals surface area contributed by atoms with E-state index in [1.807, 2.05) is 0 Å². The number of aliphatic hydroxyl groups excluding tert-OH is 1. The van der Waals surface area contributed by atoms with Gasteiger partial charge >= 0.3 is 0 Å². The molecule has 0 aromatic carbocycles. The van der Waals surface area contributed by atoms with Crippen molar-refractivity contribution in [3.05, 3.63) is 0 Å². The zero-order valence-electron chi connectivity index (χ0n) is 9.79. The third kappa shape index (κ3) is 3.25. The SMILES string of the molecule is CC[C@H](CO)N[C@@H]1CC[C@H](C)[C@H](C)C1. The third-order valence-electron chi connectivity index (χ3n) is 3.78. The standard InChI is InChI=1S/C12H25NO/c1-4-11(8-14)13-12-6-5-9(2)10(3)7-12/h9-14H,4-8H2,1-3H3/t9-,10+,11+,12+/m0/s1. The zero-order chi connectivity index (χ0) is 10.6. The molecule has 0 aromatic heterocycles. The topological polar surface area (TPSA) is 32.3 Å². The van der Waals surface area contributed by atoms with Gasteiger partial charge in [0.1, 0.15) is 0 Å². The molecule has 0 radical (unpaired) electrons. The van der Waals surface area contributed by atoms with Crippen LogP contribution in [0.15, 0.2) is 0 Å². The normalized spacial score (nSPS) is 35.6. The van der Waals surface area contributed by atoms with E-state index in [0.717, 1.165) is 18.3 Å². The summed E-state index contributed by atoms with van der Waals surface area (Å²) < 4.78 is 0. The van der Waals surface area contributed by atoms with Gasteiger partial charge in [-0.2, -0.15) is 0 Å². The molecule has 1 saturated carbocycles. The van der Waals surface area contributed by atoms with E-state index in [-0.39, 0.29) is 6.61 Å². The van der Waals surface area contributed by atoms with E-state index >= 15 is 0 Å². The molecule has 2 nitrogen and oxygen atoms in total. The molecule has 1 rings (SSSR count). The van der Waals surface area contributed by atoms with Crippen LogP contribution >= 0.6 is 0 Å². The Morgan fingerprint density at radius 3 is 2.50 bits per heavy atom. The van der Waals surface area contributed by atoms with E-state index in [2.05, 4.69) is 26.1 Å². The third-order valence-corrected chi connectivity index (χ3v) is 3.78. The maximum atomic E-state index is 9.11. The number of hydrogen-bond acceptors (Lipinski definition) is 2. The highest BCUT2D eigenvalue weighted by atomic mass is 16.3. The van der Waals surface area contributed by atoms with Gasteiger partial charge in [0, 0.05) is 12.1 Å². The quantitative estimate of drug-likeness (QED) is 0.727. The Bertz CT molecular complexity index is 156. The molecule has 1 aliphatic carbocycles. The predicted molar refractivity (Wildman–Crippen MR) is 60.3 cm³/mol. The minimum atomic E-state index is 0.275. The Morgan fingerprint density at radius 2 is 2.00 bits per heavy atom. The van der Waals surface area contributed by atoms with E-state index in [1.165, 1.54) is 19.3 Å². The van der Waals surface area contributed by atoms with Gasteiger partial charge in [-0.3, -0.25) is 0 Å². The average molecular weight is 199 g/mol. The number of rotatable bonds is 4. The molecule has 4 atom stereocenters. The molecule has 0 amide bonds. The van der Waals surface area contributed by atoms with Crippen molar-refractivity contribution in [3.8, 4) is 0 Å². The molecule has 1 aliphatic rings. The van der Waals surface area contributed by atoms with Crippen LogP contribution in [0.3, 0.4) is 0 Å². The van der Waals surface area contributed by atoms with Crippen molar-refractivity contribution < 1.29 is 5.11 Å². The first-order chi connectivity index (χ1) is 6.67. The van der Waals surface area contributed by atoms with E-state index in [4.69, 9.17) is 5.11 Å². The molecule has 2 N–H and O–H groups in total. The van der Waals surface area contributed by atoms with Crippen LogP contribution < -0.4 is 5.32 Å². The highest BCUT2D eigenvalue weighted by Gasteiger charge is 2.25. The fourth-order valence-corrected chi connectivity index (χ4v) is 2.33. The Labute approximate surface area is 88.1 Å². The van der Waals surface area contributed by atoms with Crippen LogP contribution in [0, 0.1) is 11.8 Å². The molecule has 14 heavy (non-hydrogen) atoms. The summed E-state index contributed by atoms with van der Waals surface area (Å²) in [5.74, 6) is 1.71. The molecule has 0 spiro atoms. The lowest BCUT2D eigenvalue weighted by molar-refractivity contribution is 0.180. The molecule has 1 fully saturated rings. The van der Waals surface area contributed by atoms with Gasteiger partial charge in [0.2, 0.25) is 0 Å². The second-order valence-corrected chi connectivity index (χ2v) is 4.92. The van der Waals surface area contributed by atoms with Gasteiger partial charge in [0.25, 0.3) is 0 Å². The zero-order valence-corrected chi connectivity index (χ0v) is 9.79. The highest BCUT2D eigenvalue weighted by molar-refractivity contribution is 4.82. The van der Waals surface area contributed by atoms with Crippen LogP contribution in [0.1, 0.15) is 46.5 Å². The lowest BCUT2D eigenvalue weighted by atomic mass is 9.79. The monoisotopic (exact) mass is 199 g/mol. The van der Waals surface area contributed by atoms with Crippen LogP contribution in [-0.2, 0) is 0 Å². The Hall–Kier alpha value is -0.0800. The summed E-state index contributed by atoms with van der Waals surface area (Å²) in [4.78, 5) is 0. The summed E-state index contributed by atoms with van der Waals surface area (Å²) in [6, 6.07) is 0.943. The Balaban J connectivity index is 2.32. The Kier molecular flexibility index (Phi) is 4.90. The summed E-state index contributed by atoms with van der Waals surface area (Å²) in [5, 5.41) is 12.7. The van der Waals surface area contributed by atoms with Gasteiger partial charge in [-0.1, -0.05) is 20.8 Å². The summed E-state index contributed by atoms with van der Waals surface area (Å²) >= 11 is 0. The van der Waals surface area contributed by atoms with Gasteiger partial charge in [-0.15, -0.1) is 0 Å². The first-order valence-electron chi connectivity index (χ1n) is 6.04. The van der Waals surface area contributed by atoms with Gasteiger partial charge < -0.3 is 10.4 Å². The van der Waals surface area contributed by atoms with E-state index in [1.54, 1.807) is 0 Å². The maximum Gasteiger partial charge on any atom is 0.0584 e. The second-order valence-electron chi connectivity index (χ2n) is 4.92. The number of aliphatic hydroxyl groups is 1. The summed E-state index contributed by atoms with van der Waals surface area (Å²) in [6.07, 6.45) is 4.91. The van der Waals surface area contributed by atoms with Crippen molar-refractivity contribution in [2.45, 2.75) is 58.5 Å². The predicted octanol–water partition coefficient (Wildman–Crippen LogP) is 2.17. The van der Waals surface area contributed by atoms with Crippen molar-refractivity contribution in [2.75, 3.05) is 6.61 Å². The first-order valence-corrected chi connectivity index (χ1v) is 6.04. The van der Waals surface area contributed by atoms with Crippen LogP contribution in [-0.4, -0.2) is 23.8 Å². The highest BCUT2D eigenvalue weighted by Crippen LogP contribution is 2.29. The van der Waals surface area contributed by atoms with Gasteiger partial charge in [0.15, 0.2) is 0 Å². The van der Waals surface area contributed by atoms with Gasteiger partial charge in [-0.25, -0.2) is 0 Å². The molecule has 0 aromatic rings. The largest absolute Gasteiger partial charge is 0.395 e. The molecule has 0 unspecified atom stereocenters.